The Morgan fingerprint density at radius 1 is 1.48 bits per heavy atom. The van der Waals surface area contributed by atoms with E-state index in [-0.39, 0.29) is 23.7 Å². The average Bonchev–Trinajstić information content (AvgIpc) is 2.90. The second-order valence-corrected chi connectivity index (χ2v) is 6.22. The van der Waals surface area contributed by atoms with Crippen molar-refractivity contribution in [2.75, 3.05) is 5.32 Å². The van der Waals surface area contributed by atoms with E-state index in [0.717, 1.165) is 21.8 Å². The van der Waals surface area contributed by atoms with Crippen LogP contribution in [0, 0.1) is 17.0 Å². The van der Waals surface area contributed by atoms with Crippen LogP contribution in [-0.4, -0.2) is 25.6 Å². The first-order valence-electron chi connectivity index (χ1n) is 6.76. The largest absolute Gasteiger partial charge is 0.299 e. The minimum atomic E-state index is -0.594. The fourth-order valence-electron chi connectivity index (χ4n) is 1.80. The molecule has 23 heavy (non-hydrogen) atoms. The lowest BCUT2D eigenvalue weighted by Gasteiger charge is -2.06. The van der Waals surface area contributed by atoms with Gasteiger partial charge in [-0.3, -0.25) is 29.6 Å². The molecule has 1 N–H and O–H groups in total. The number of anilines is 1. The lowest BCUT2D eigenvalue weighted by molar-refractivity contribution is -0.385. The molecule has 0 unspecified atom stereocenters. The molecule has 9 nitrogen and oxygen atoms in total. The second kappa shape index (κ2) is 6.65. The molecule has 0 bridgehead atoms. The van der Waals surface area contributed by atoms with Gasteiger partial charge in [0.05, 0.1) is 11.1 Å². The minimum absolute atomic E-state index is 0.195. The Morgan fingerprint density at radius 3 is 2.74 bits per heavy atom. The van der Waals surface area contributed by atoms with Crippen LogP contribution in [0.4, 0.5) is 10.8 Å². The molecule has 2 rings (SSSR count). The van der Waals surface area contributed by atoms with E-state index in [2.05, 4.69) is 15.5 Å². The highest BCUT2D eigenvalue weighted by atomic mass is 32.1. The number of nitro groups is 1. The number of pyridine rings is 1. The number of nitrogens with one attached hydrogen (secondary N) is 1. The van der Waals surface area contributed by atoms with Gasteiger partial charge in [0.1, 0.15) is 11.6 Å². The molecule has 0 fully saturated rings. The highest BCUT2D eigenvalue weighted by Gasteiger charge is 2.16. The van der Waals surface area contributed by atoms with Crippen molar-refractivity contribution in [1.82, 2.24) is 14.8 Å². The summed E-state index contributed by atoms with van der Waals surface area (Å²) in [5, 5.41) is 22.3. The van der Waals surface area contributed by atoms with Crippen LogP contribution in [0.2, 0.25) is 0 Å². The molecule has 0 radical (unpaired) electrons. The van der Waals surface area contributed by atoms with Crippen LogP contribution in [0.25, 0.3) is 0 Å². The van der Waals surface area contributed by atoms with Gasteiger partial charge in [-0.15, -0.1) is 10.2 Å². The number of carbonyl (C=O) groups excluding carboxylic acids is 1. The summed E-state index contributed by atoms with van der Waals surface area (Å²) in [5.74, 6) is -0.308. The summed E-state index contributed by atoms with van der Waals surface area (Å²) >= 11 is 1.24. The van der Waals surface area contributed by atoms with Crippen molar-refractivity contribution < 1.29 is 9.72 Å². The maximum atomic E-state index is 12.0. The van der Waals surface area contributed by atoms with Crippen LogP contribution in [0.3, 0.4) is 0 Å². The molecule has 0 aromatic carbocycles. The molecule has 0 spiro atoms. The van der Waals surface area contributed by atoms with Gasteiger partial charge in [0.15, 0.2) is 0 Å². The van der Waals surface area contributed by atoms with Gasteiger partial charge < -0.3 is 0 Å². The van der Waals surface area contributed by atoms with E-state index in [9.17, 15) is 19.7 Å². The number of hydrogen-bond acceptors (Lipinski definition) is 7. The van der Waals surface area contributed by atoms with Crippen LogP contribution < -0.4 is 10.9 Å². The molecule has 10 heteroatoms. The van der Waals surface area contributed by atoms with E-state index in [0.29, 0.717) is 5.13 Å². The first kappa shape index (κ1) is 16.7. The fraction of sp³-hybridized carbons (Fsp3) is 0.385. The number of aryl methyl sites for hydroxylation is 1. The van der Waals surface area contributed by atoms with Crippen molar-refractivity contribution in [3.05, 3.63) is 43.3 Å². The van der Waals surface area contributed by atoms with E-state index in [1.54, 1.807) is 0 Å². The van der Waals surface area contributed by atoms with Gasteiger partial charge >= 0.3 is 0 Å². The third kappa shape index (κ3) is 3.97. The summed E-state index contributed by atoms with van der Waals surface area (Å²) in [6.07, 6.45) is 1.07. The molecule has 0 aliphatic carbocycles. The molecule has 0 atom stereocenters. The first-order valence-corrected chi connectivity index (χ1v) is 7.58. The average molecular weight is 337 g/mol. The van der Waals surface area contributed by atoms with Crippen LogP contribution in [-0.2, 0) is 11.3 Å². The monoisotopic (exact) mass is 337 g/mol. The number of carbonyl (C=O) groups is 1. The van der Waals surface area contributed by atoms with Crippen molar-refractivity contribution in [3.63, 3.8) is 0 Å². The zero-order valence-corrected chi connectivity index (χ0v) is 13.6. The Morgan fingerprint density at radius 2 is 2.17 bits per heavy atom. The van der Waals surface area contributed by atoms with Gasteiger partial charge in [-0.25, -0.2) is 0 Å². The normalized spacial score (nSPS) is 10.8. The molecular weight excluding hydrogens is 322 g/mol. The maximum Gasteiger partial charge on any atom is 0.288 e. The summed E-state index contributed by atoms with van der Waals surface area (Å²) in [6.45, 7) is 5.05. The van der Waals surface area contributed by atoms with Crippen LogP contribution in [0.15, 0.2) is 17.1 Å². The SMILES string of the molecule is Cc1cc(=O)n(CC(=O)Nc2nnc(C(C)C)s2)cc1[N+](=O)[O-]. The minimum Gasteiger partial charge on any atom is -0.299 e. The smallest absolute Gasteiger partial charge is 0.288 e. The molecule has 2 aromatic heterocycles. The maximum absolute atomic E-state index is 12.0. The lowest BCUT2D eigenvalue weighted by atomic mass is 10.2. The Bertz CT molecular complexity index is 811. The van der Waals surface area contributed by atoms with E-state index in [1.165, 1.54) is 18.3 Å². The van der Waals surface area contributed by atoms with Crippen LogP contribution in [0.1, 0.15) is 30.3 Å². The summed E-state index contributed by atoms with van der Waals surface area (Å²) in [7, 11) is 0. The second-order valence-electron chi connectivity index (χ2n) is 5.21. The molecule has 2 aromatic rings. The Balaban J connectivity index is 2.15. The van der Waals surface area contributed by atoms with E-state index < -0.39 is 16.4 Å². The highest BCUT2D eigenvalue weighted by Crippen LogP contribution is 2.22. The summed E-state index contributed by atoms with van der Waals surface area (Å²) in [6, 6.07) is 1.13. The van der Waals surface area contributed by atoms with Gasteiger partial charge in [-0.2, -0.15) is 0 Å². The molecule has 122 valence electrons. The Kier molecular flexibility index (Phi) is 4.84. The quantitative estimate of drug-likeness (QED) is 0.654. The Hall–Kier alpha value is -2.62. The van der Waals surface area contributed by atoms with Crippen LogP contribution in [0.5, 0.6) is 0 Å². The molecule has 0 saturated heterocycles. The van der Waals surface area contributed by atoms with Crippen LogP contribution >= 0.6 is 11.3 Å². The van der Waals surface area contributed by atoms with Crippen molar-refractivity contribution in [3.8, 4) is 0 Å². The van der Waals surface area contributed by atoms with Crippen molar-refractivity contribution in [1.29, 1.82) is 0 Å². The number of hydrogen-bond donors (Lipinski definition) is 1. The van der Waals surface area contributed by atoms with Gasteiger partial charge in [-0.1, -0.05) is 25.2 Å². The highest BCUT2D eigenvalue weighted by molar-refractivity contribution is 7.15. The summed E-state index contributed by atoms with van der Waals surface area (Å²) in [4.78, 5) is 34.1. The van der Waals surface area contributed by atoms with E-state index in [4.69, 9.17) is 0 Å². The zero-order valence-electron chi connectivity index (χ0n) is 12.8. The summed E-state index contributed by atoms with van der Waals surface area (Å²) in [5.41, 5.74) is -0.443. The lowest BCUT2D eigenvalue weighted by Crippen LogP contribution is -2.27. The van der Waals surface area contributed by atoms with Gasteiger partial charge in [0, 0.05) is 17.5 Å². The fourth-order valence-corrected chi connectivity index (χ4v) is 2.56. The molecular formula is C13H15N5O4S. The molecule has 0 saturated carbocycles. The standard InChI is InChI=1S/C13H15N5O4S/c1-7(2)12-15-16-13(23-12)14-10(19)6-17-5-9(18(21)22)8(3)4-11(17)20/h4-5,7H,6H2,1-3H3,(H,14,16,19). The Labute approximate surface area is 135 Å². The van der Waals surface area contributed by atoms with E-state index >= 15 is 0 Å². The molecule has 1 amide bonds. The van der Waals surface area contributed by atoms with E-state index in [1.807, 2.05) is 13.8 Å². The molecule has 0 aliphatic heterocycles. The number of nitrogens with zero attached hydrogens (tertiary/aromatic N) is 4. The zero-order chi connectivity index (χ0) is 17.1. The number of amides is 1. The van der Waals surface area contributed by atoms with Gasteiger partial charge in [-0.05, 0) is 6.92 Å². The number of rotatable bonds is 5. The summed E-state index contributed by atoms with van der Waals surface area (Å²) < 4.78 is 0.991. The van der Waals surface area contributed by atoms with Gasteiger partial charge in [0.2, 0.25) is 11.0 Å². The predicted molar refractivity (Wildman–Crippen MR) is 84.7 cm³/mol. The van der Waals surface area contributed by atoms with Gasteiger partial charge in [0.25, 0.3) is 11.2 Å². The third-order valence-electron chi connectivity index (χ3n) is 3.00. The topological polar surface area (TPSA) is 120 Å². The number of aromatic nitrogens is 3. The van der Waals surface area contributed by atoms with Crippen molar-refractivity contribution >= 4 is 28.1 Å². The molecule has 0 aliphatic rings. The first-order chi connectivity index (χ1) is 10.8. The van der Waals surface area contributed by atoms with Crippen molar-refractivity contribution in [2.24, 2.45) is 0 Å². The van der Waals surface area contributed by atoms with Crippen molar-refractivity contribution in [2.45, 2.75) is 33.2 Å². The molecule has 2 heterocycles. The third-order valence-corrected chi connectivity index (χ3v) is 4.14. The predicted octanol–water partition coefficient (Wildman–Crippen LogP) is 1.68.